The molecule has 6 aromatic rings. The highest BCUT2D eigenvalue weighted by Gasteiger charge is 2.21. The molecule has 0 heterocycles. The van der Waals surface area contributed by atoms with Crippen LogP contribution in [0.25, 0.3) is 10.8 Å². The number of allylic oxidation sites excluding steroid dienone is 3. The molecule has 6 aromatic carbocycles. The molecule has 262 valence electrons. The van der Waals surface area contributed by atoms with E-state index in [1.165, 1.54) is 5.56 Å². The van der Waals surface area contributed by atoms with Crippen LogP contribution in [0.3, 0.4) is 0 Å². The molecule has 6 rings (SSSR count). The normalized spacial score (nSPS) is 11.4. The lowest BCUT2D eigenvalue weighted by Crippen LogP contribution is -2.08. The lowest BCUT2D eigenvalue weighted by atomic mass is 9.82. The first-order valence-electron chi connectivity index (χ1n) is 17.2. The Labute approximate surface area is 307 Å². The number of benzene rings is 6. The number of methoxy groups -OCH3 is 1. The lowest BCUT2D eigenvalue weighted by molar-refractivity contribution is 0.0527. The first kappa shape index (κ1) is 36.9. The standard InChI is InChI=1S/C44H39N3O2.C2H6O/c1-4-14-33(5-2)45-35-25-21-31(22-26-35)43(32-23-27-36(28-24-32)46-34-15-8-7-9-16-34)39-29-30-42(38-18-11-10-17-37(38)39)47-41-20-13-12-19-40(41)44(48)49-6-3;1-3-2/h4-5,7-30,43,45-47H,1-2,6H2,3H3;1-2H3/b33-14+;. The quantitative estimate of drug-likeness (QED) is 0.0638. The summed E-state index contributed by atoms with van der Waals surface area (Å²) in [5.74, 6) is -0.414. The van der Waals surface area contributed by atoms with Gasteiger partial charge in [-0.1, -0.05) is 104 Å². The average Bonchev–Trinajstić information content (AvgIpc) is 3.18. The summed E-state index contributed by atoms with van der Waals surface area (Å²) in [6.45, 7) is 9.84. The Morgan fingerprint density at radius 3 is 1.87 bits per heavy atom. The van der Waals surface area contributed by atoms with Crippen LogP contribution in [-0.2, 0) is 9.47 Å². The molecule has 1 unspecified atom stereocenters. The van der Waals surface area contributed by atoms with Crippen LogP contribution in [0.4, 0.5) is 28.4 Å². The predicted octanol–water partition coefficient (Wildman–Crippen LogP) is 11.6. The van der Waals surface area contributed by atoms with Gasteiger partial charge in [0, 0.05) is 54.0 Å². The van der Waals surface area contributed by atoms with Gasteiger partial charge in [-0.2, -0.15) is 0 Å². The van der Waals surface area contributed by atoms with E-state index >= 15 is 0 Å². The minimum atomic E-state index is -0.352. The van der Waals surface area contributed by atoms with Crippen LogP contribution >= 0.6 is 0 Å². The number of hydrogen-bond donors (Lipinski definition) is 3. The van der Waals surface area contributed by atoms with Crippen molar-refractivity contribution in [2.75, 3.05) is 36.8 Å². The Hall–Kier alpha value is -6.37. The first-order valence-corrected chi connectivity index (χ1v) is 17.2. The lowest BCUT2D eigenvalue weighted by Gasteiger charge is -2.23. The van der Waals surface area contributed by atoms with Crippen molar-refractivity contribution in [3.63, 3.8) is 0 Å². The van der Waals surface area contributed by atoms with Crippen LogP contribution in [0.2, 0.25) is 0 Å². The summed E-state index contributed by atoms with van der Waals surface area (Å²) in [4.78, 5) is 12.8. The second-order valence-corrected chi connectivity index (χ2v) is 11.9. The van der Waals surface area contributed by atoms with Crippen LogP contribution in [-0.4, -0.2) is 26.8 Å². The number of rotatable bonds is 13. The number of fused-ring (bicyclic) bond motifs is 1. The second kappa shape index (κ2) is 18.6. The Kier molecular flexibility index (Phi) is 13.2. The van der Waals surface area contributed by atoms with Gasteiger partial charge in [0.1, 0.15) is 0 Å². The van der Waals surface area contributed by atoms with Gasteiger partial charge < -0.3 is 25.4 Å². The maximum atomic E-state index is 12.8. The third-order valence-electron chi connectivity index (χ3n) is 8.32. The largest absolute Gasteiger partial charge is 0.462 e. The zero-order chi connectivity index (χ0) is 36.7. The van der Waals surface area contributed by atoms with Crippen molar-refractivity contribution < 1.29 is 14.3 Å². The summed E-state index contributed by atoms with van der Waals surface area (Å²) in [6, 6.07) is 47.5. The molecule has 1 atom stereocenters. The van der Waals surface area contributed by atoms with E-state index in [-0.39, 0.29) is 11.9 Å². The maximum Gasteiger partial charge on any atom is 0.340 e. The number of carbonyl (C=O) groups is 1. The molecule has 0 saturated heterocycles. The van der Waals surface area contributed by atoms with E-state index in [9.17, 15) is 4.79 Å². The minimum Gasteiger partial charge on any atom is -0.462 e. The molecule has 0 aromatic heterocycles. The van der Waals surface area contributed by atoms with Crippen LogP contribution in [0.5, 0.6) is 0 Å². The molecule has 0 spiro atoms. The molecule has 0 aliphatic carbocycles. The maximum absolute atomic E-state index is 12.8. The van der Waals surface area contributed by atoms with Crippen molar-refractivity contribution in [2.24, 2.45) is 0 Å². The second-order valence-electron chi connectivity index (χ2n) is 11.9. The molecule has 6 heteroatoms. The van der Waals surface area contributed by atoms with Gasteiger partial charge in [-0.25, -0.2) is 4.79 Å². The summed E-state index contributed by atoms with van der Waals surface area (Å²) < 4.78 is 9.58. The third-order valence-corrected chi connectivity index (χ3v) is 8.32. The van der Waals surface area contributed by atoms with Gasteiger partial charge in [0.25, 0.3) is 0 Å². The van der Waals surface area contributed by atoms with Gasteiger partial charge >= 0.3 is 5.97 Å². The zero-order valence-corrected chi connectivity index (χ0v) is 29.9. The molecule has 0 aliphatic heterocycles. The number of hydrogen-bond acceptors (Lipinski definition) is 6. The number of carbonyl (C=O) groups excluding carboxylic acids is 1. The smallest absolute Gasteiger partial charge is 0.340 e. The SMILES string of the molecule is C=C/C=C(\C=C)Nc1ccc(C(c2ccc(Nc3ccccc3)cc2)c2ccc(Nc3ccccc3C(=O)OCC)c3ccccc23)cc1.COC. The van der Waals surface area contributed by atoms with E-state index < -0.39 is 0 Å². The van der Waals surface area contributed by atoms with Crippen LogP contribution < -0.4 is 16.0 Å². The molecule has 6 nitrogen and oxygen atoms in total. The van der Waals surface area contributed by atoms with E-state index in [4.69, 9.17) is 4.74 Å². The van der Waals surface area contributed by atoms with Gasteiger partial charge in [0.15, 0.2) is 0 Å². The molecule has 0 aliphatic rings. The zero-order valence-electron chi connectivity index (χ0n) is 29.9. The van der Waals surface area contributed by atoms with Gasteiger partial charge in [-0.3, -0.25) is 0 Å². The average molecular weight is 688 g/mol. The molecule has 0 radical (unpaired) electrons. The molecular formula is C46H45N3O3. The van der Waals surface area contributed by atoms with Crippen molar-refractivity contribution in [2.45, 2.75) is 12.8 Å². The fourth-order valence-electron chi connectivity index (χ4n) is 6.02. The van der Waals surface area contributed by atoms with Crippen LogP contribution in [0, 0.1) is 0 Å². The fourth-order valence-corrected chi connectivity index (χ4v) is 6.02. The highest BCUT2D eigenvalue weighted by Crippen LogP contribution is 2.40. The topological polar surface area (TPSA) is 71.6 Å². The predicted molar refractivity (Wildman–Crippen MR) is 218 cm³/mol. The number of esters is 1. The van der Waals surface area contributed by atoms with Gasteiger partial charge in [0.2, 0.25) is 0 Å². The van der Waals surface area contributed by atoms with Crippen molar-refractivity contribution >= 4 is 45.2 Å². The summed E-state index contributed by atoms with van der Waals surface area (Å²) in [6.07, 6.45) is 5.40. The Bertz CT molecular complexity index is 2120. The molecule has 52 heavy (non-hydrogen) atoms. The van der Waals surface area contributed by atoms with Gasteiger partial charge in [-0.15, -0.1) is 0 Å². The molecule has 0 amide bonds. The Balaban J connectivity index is 0.00000168. The number of anilines is 5. The van der Waals surface area contributed by atoms with Crippen molar-refractivity contribution in [1.82, 2.24) is 0 Å². The summed E-state index contributed by atoms with van der Waals surface area (Å²) >= 11 is 0. The molecule has 0 fully saturated rings. The van der Waals surface area contributed by atoms with Gasteiger partial charge in [0.05, 0.1) is 17.9 Å². The molecule has 3 N–H and O–H groups in total. The van der Waals surface area contributed by atoms with Crippen molar-refractivity contribution in [3.8, 4) is 0 Å². The van der Waals surface area contributed by atoms with E-state index in [1.807, 2.05) is 55.5 Å². The van der Waals surface area contributed by atoms with E-state index in [1.54, 1.807) is 32.4 Å². The first-order chi connectivity index (χ1) is 25.5. The highest BCUT2D eigenvalue weighted by atomic mass is 16.5. The number of ether oxygens (including phenoxy) is 2. The minimum absolute atomic E-state index is 0.0619. The van der Waals surface area contributed by atoms with E-state index in [0.717, 1.165) is 50.3 Å². The van der Waals surface area contributed by atoms with Crippen molar-refractivity contribution in [3.05, 3.63) is 199 Å². The number of para-hydroxylation sites is 2. The fraction of sp³-hybridized carbons (Fsp3) is 0.109. The molecule has 0 saturated carbocycles. The number of nitrogens with one attached hydrogen (secondary N) is 3. The monoisotopic (exact) mass is 687 g/mol. The van der Waals surface area contributed by atoms with Crippen LogP contribution in [0.1, 0.15) is 39.9 Å². The van der Waals surface area contributed by atoms with Gasteiger partial charge in [-0.05, 0) is 95.7 Å². The molecule has 0 bridgehead atoms. The third kappa shape index (κ3) is 9.24. The summed E-state index contributed by atoms with van der Waals surface area (Å²) in [5, 5.41) is 12.6. The summed E-state index contributed by atoms with van der Waals surface area (Å²) in [5.41, 5.74) is 9.48. The summed E-state index contributed by atoms with van der Waals surface area (Å²) in [7, 11) is 3.25. The van der Waals surface area contributed by atoms with E-state index in [0.29, 0.717) is 17.9 Å². The highest BCUT2D eigenvalue weighted by molar-refractivity contribution is 6.01. The van der Waals surface area contributed by atoms with Crippen LogP contribution in [0.15, 0.2) is 177 Å². The van der Waals surface area contributed by atoms with E-state index in [2.05, 4.69) is 125 Å². The Morgan fingerprint density at radius 1 is 0.654 bits per heavy atom. The molecular weight excluding hydrogens is 643 g/mol. The Morgan fingerprint density at radius 2 is 1.23 bits per heavy atom. The van der Waals surface area contributed by atoms with Crippen molar-refractivity contribution in [1.29, 1.82) is 0 Å².